The molecule has 7 unspecified atom stereocenters. The van der Waals surface area contributed by atoms with Crippen molar-refractivity contribution in [3.63, 3.8) is 0 Å². The van der Waals surface area contributed by atoms with Gasteiger partial charge in [-0.15, -0.1) is 0 Å². The zero-order chi connectivity index (χ0) is 52.6. The maximum Gasteiger partial charge on any atom is 0.127 e. The Morgan fingerprint density at radius 2 is 0.913 bits per heavy atom. The summed E-state index contributed by atoms with van der Waals surface area (Å²) in [6, 6.07) is 1.11. The fourth-order valence-corrected chi connectivity index (χ4v) is 17.5. The molecule has 0 aromatic rings. The van der Waals surface area contributed by atoms with Crippen molar-refractivity contribution in [1.29, 1.82) is 0 Å². The lowest BCUT2D eigenvalue weighted by molar-refractivity contribution is -0.313. The highest BCUT2D eigenvalue weighted by atomic mass is 16.5. The van der Waals surface area contributed by atoms with Crippen LogP contribution in [0.1, 0.15) is 280 Å². The van der Waals surface area contributed by atoms with Crippen molar-refractivity contribution in [3.8, 4) is 0 Å². The Bertz CT molecular complexity index is 1510. The fourth-order valence-electron chi connectivity index (χ4n) is 17.5. The average molecular weight is 968 g/mol. The minimum atomic E-state index is -0.837. The molecule has 0 amide bonds. The summed E-state index contributed by atoms with van der Waals surface area (Å²) in [5.41, 5.74) is 1.43. The minimum absolute atomic E-state index is 0.0659. The minimum Gasteiger partial charge on any atom is -0.550 e. The summed E-state index contributed by atoms with van der Waals surface area (Å²) in [6.45, 7) is 55.0. The van der Waals surface area contributed by atoms with E-state index in [1.54, 1.807) is 5.92 Å². The van der Waals surface area contributed by atoms with E-state index < -0.39 is 11.9 Å². The van der Waals surface area contributed by atoms with Crippen LogP contribution in [0.4, 0.5) is 0 Å². The number of carbonyl (C=O) groups is 1. The Morgan fingerprint density at radius 1 is 0.551 bits per heavy atom. The third-order valence-corrected chi connectivity index (χ3v) is 18.3. The van der Waals surface area contributed by atoms with E-state index in [0.717, 1.165) is 45.1 Å². The molecule has 2 saturated carbocycles. The van der Waals surface area contributed by atoms with E-state index in [0.29, 0.717) is 53.5 Å². The van der Waals surface area contributed by atoms with Gasteiger partial charge in [-0.3, -0.25) is 0 Å². The summed E-state index contributed by atoms with van der Waals surface area (Å²) in [5, 5.41) is 13.5. The first-order chi connectivity index (χ1) is 31.5. The highest BCUT2D eigenvalue weighted by Crippen LogP contribution is 2.56. The van der Waals surface area contributed by atoms with Crippen LogP contribution in [-0.4, -0.2) is 66.7 Å². The van der Waals surface area contributed by atoms with Gasteiger partial charge in [0.1, 0.15) is 30.0 Å². The molecule has 2 aliphatic carbocycles. The third-order valence-electron chi connectivity index (χ3n) is 18.3. The zero-order valence-corrected chi connectivity index (χ0v) is 50.7. The highest BCUT2D eigenvalue weighted by molar-refractivity contribution is 5.68. The van der Waals surface area contributed by atoms with E-state index >= 15 is 0 Å². The predicted molar refractivity (Wildman–Crippen MR) is 298 cm³/mol. The number of carboxylic acids is 1. The monoisotopic (exact) mass is 967 g/mol. The molecule has 0 aromatic carbocycles. The average Bonchev–Trinajstić information content (AvgIpc) is 3.15. The number of hydrogen-bond donors (Lipinski definition) is 0. The third kappa shape index (κ3) is 20.5. The number of ether oxygens (including phenoxy) is 1. The van der Waals surface area contributed by atoms with Crippen molar-refractivity contribution < 1.29 is 14.6 Å². The van der Waals surface area contributed by atoms with Gasteiger partial charge in [0.05, 0.1) is 6.42 Å². The quantitative estimate of drug-likeness (QED) is 0.0648. The van der Waals surface area contributed by atoms with E-state index in [9.17, 15) is 9.90 Å². The molecule has 3 fully saturated rings. The number of unbranched alkanes of at least 4 members (excludes halogenated alkanes) is 3. The molecule has 69 heavy (non-hydrogen) atoms. The molecule has 5 heteroatoms. The molecule has 406 valence electrons. The van der Waals surface area contributed by atoms with Gasteiger partial charge < -0.3 is 24.4 Å². The van der Waals surface area contributed by atoms with Crippen LogP contribution in [0.5, 0.6) is 0 Å². The first kappa shape index (κ1) is 62.5. The van der Waals surface area contributed by atoms with Gasteiger partial charge in [0.15, 0.2) is 0 Å². The number of rotatable bonds is 31. The molecule has 3 aliphatic rings. The van der Waals surface area contributed by atoms with Gasteiger partial charge in [-0.2, -0.15) is 0 Å². The van der Waals surface area contributed by atoms with Gasteiger partial charge in [-0.05, 0) is 185 Å². The number of hydrogen-bond acceptors (Lipinski definition) is 5. The Balaban J connectivity index is 1.75. The Labute approximate surface area is 432 Å². The molecule has 0 bridgehead atoms. The number of nitrogens with zero attached hydrogens (tertiary/aromatic N) is 2. The topological polar surface area (TPSA) is 55.8 Å². The molecule has 1 aliphatic heterocycles. The molecule has 0 radical (unpaired) electrons. The van der Waals surface area contributed by atoms with Crippen LogP contribution < -0.4 is 5.11 Å². The number of carbonyl (C=O) groups excluding carboxylic acids is 1. The Morgan fingerprint density at radius 3 is 1.30 bits per heavy atom. The number of fused-ring (bicyclic) bond motifs is 2. The van der Waals surface area contributed by atoms with Crippen LogP contribution in [0.2, 0.25) is 0 Å². The van der Waals surface area contributed by atoms with Crippen LogP contribution in [-0.2, 0) is 9.53 Å². The number of aliphatic carboxylic acids is 1. The molecule has 3 rings (SSSR count). The van der Waals surface area contributed by atoms with Crippen LogP contribution in [0.15, 0.2) is 0 Å². The summed E-state index contributed by atoms with van der Waals surface area (Å²) < 4.78 is 7.34. The van der Waals surface area contributed by atoms with E-state index in [-0.39, 0.29) is 44.7 Å². The van der Waals surface area contributed by atoms with Crippen LogP contribution >= 0.6 is 0 Å². The van der Waals surface area contributed by atoms with Gasteiger partial charge in [0.25, 0.3) is 0 Å². The van der Waals surface area contributed by atoms with Gasteiger partial charge in [0, 0.05) is 24.0 Å². The molecule has 0 spiro atoms. The van der Waals surface area contributed by atoms with E-state index in [1.807, 2.05) is 0 Å². The summed E-state index contributed by atoms with van der Waals surface area (Å²) in [7, 11) is 2.32. The predicted octanol–water partition coefficient (Wildman–Crippen LogP) is 17.0. The van der Waals surface area contributed by atoms with Gasteiger partial charge in [-0.25, -0.2) is 0 Å². The van der Waals surface area contributed by atoms with E-state index in [2.05, 4.69) is 162 Å². The molecular weight excluding hydrogens is 845 g/mol. The maximum atomic E-state index is 13.5. The second-order valence-corrected chi connectivity index (χ2v) is 31.5. The van der Waals surface area contributed by atoms with Crippen molar-refractivity contribution in [3.05, 3.63) is 5.92 Å². The Hall–Kier alpha value is -0.780. The summed E-state index contributed by atoms with van der Waals surface area (Å²) in [5.74, 6) is 1.66. The Kier molecular flexibility index (Phi) is 22.8. The normalized spacial score (nSPS) is 24.3. The highest BCUT2D eigenvalue weighted by Gasteiger charge is 2.58. The second kappa shape index (κ2) is 25.2. The second-order valence-electron chi connectivity index (χ2n) is 31.5. The lowest BCUT2D eigenvalue weighted by atomic mass is 9.58. The van der Waals surface area contributed by atoms with Gasteiger partial charge in [0.2, 0.25) is 0 Å². The van der Waals surface area contributed by atoms with Crippen molar-refractivity contribution in [2.45, 2.75) is 305 Å². The molecule has 1 heterocycles. The molecule has 0 aromatic heterocycles. The molecule has 7 atom stereocenters. The van der Waals surface area contributed by atoms with Gasteiger partial charge >= 0.3 is 0 Å². The largest absolute Gasteiger partial charge is 0.550 e. The van der Waals surface area contributed by atoms with Crippen molar-refractivity contribution in [2.75, 3.05) is 26.7 Å². The maximum absolute atomic E-state index is 13.5. The van der Waals surface area contributed by atoms with Crippen molar-refractivity contribution in [2.24, 2.45) is 67.0 Å². The standard InChI is InChI=1S/C64H122N2O3/c1-23-26-33-65(22)49-29-31-51-53(52-32-30-50(38-55(52)69-54(51)37-49)66(34-27-24-2)35-28-25-3)36-48(56(67)68)39-57(6,7)40-58(8,9)41-59(10,11)42-60(12,13)43-61(14,15)44-62(16,17)45-63(18,19)46-64(20,21)47(4)5/h47-52,54-55H,23-46H2,1-22H3. The van der Waals surface area contributed by atoms with Gasteiger partial charge in [-0.1, -0.05) is 165 Å². The first-order valence-corrected chi connectivity index (χ1v) is 29.6. The molecule has 0 N–H and O–H groups in total. The van der Waals surface area contributed by atoms with E-state index in [4.69, 9.17) is 4.74 Å². The number of carboxylic acid groups (broad SMARTS) is 1. The molecule has 5 nitrogen and oxygen atoms in total. The lowest BCUT2D eigenvalue weighted by Gasteiger charge is -2.50. The van der Waals surface area contributed by atoms with Crippen molar-refractivity contribution >= 4 is 5.97 Å². The van der Waals surface area contributed by atoms with Crippen LogP contribution in [0, 0.1) is 72.9 Å². The smallest absolute Gasteiger partial charge is 0.127 e. The SMILES string of the molecule is CCCCN(C)C1CCC2[C+](CC(CC(C)(C)CC(C)(C)CC(C)(C)CC(C)(C)CC(C)(C)CC(C)(C)CC(C)(C)CC(C)(C)C(C)C)C(=O)[O-])C3CCC(N(CCCC)CCCC)CC3OC2C1. The van der Waals surface area contributed by atoms with Crippen LogP contribution in [0.3, 0.4) is 0 Å². The summed E-state index contributed by atoms with van der Waals surface area (Å²) in [6.07, 6.45) is 24.2. The first-order valence-electron chi connectivity index (χ1n) is 29.6. The molecular formula is C64H122N2O3. The summed E-state index contributed by atoms with van der Waals surface area (Å²) >= 11 is 0. The molecule has 1 saturated heterocycles. The fraction of sp³-hybridized carbons (Fsp3) is 0.969. The summed E-state index contributed by atoms with van der Waals surface area (Å²) in [4.78, 5) is 18.9. The van der Waals surface area contributed by atoms with Crippen LogP contribution in [0.25, 0.3) is 0 Å². The van der Waals surface area contributed by atoms with E-state index in [1.165, 1.54) is 96.6 Å². The zero-order valence-electron chi connectivity index (χ0n) is 50.7. The lowest BCUT2D eigenvalue weighted by Crippen LogP contribution is -2.56. The van der Waals surface area contributed by atoms with Crippen molar-refractivity contribution in [1.82, 2.24) is 9.80 Å².